The molecule has 0 bridgehead atoms. The minimum atomic E-state index is -3.64. The second-order valence-corrected chi connectivity index (χ2v) is 6.22. The maximum absolute atomic E-state index is 11.9. The molecule has 9 heteroatoms. The van der Waals surface area contributed by atoms with Crippen molar-refractivity contribution in [3.8, 4) is 0 Å². The van der Waals surface area contributed by atoms with Crippen LogP contribution in [0.2, 0.25) is 0 Å². The number of benzene rings is 1. The van der Waals surface area contributed by atoms with E-state index in [0.717, 1.165) is 4.31 Å². The summed E-state index contributed by atoms with van der Waals surface area (Å²) in [6, 6.07) is 5.17. The van der Waals surface area contributed by atoms with Gasteiger partial charge in [0, 0.05) is 25.7 Å². The standard InChI is InChI=1S/C11H14N2O6S/c1-12(7-6-11(14)15)20(18,19)8-9-2-4-10(5-3-9)13(16)17/h2-5H,6-8H2,1H3,(H,14,15). The normalized spacial score (nSPS) is 11.5. The second kappa shape index (κ2) is 6.44. The molecule has 0 aromatic heterocycles. The van der Waals surface area contributed by atoms with Gasteiger partial charge in [0.1, 0.15) is 0 Å². The number of rotatable bonds is 7. The van der Waals surface area contributed by atoms with Crippen LogP contribution in [0.5, 0.6) is 0 Å². The third kappa shape index (κ3) is 4.59. The van der Waals surface area contributed by atoms with Crippen molar-refractivity contribution in [1.29, 1.82) is 0 Å². The van der Waals surface area contributed by atoms with Crippen LogP contribution in [0, 0.1) is 10.1 Å². The number of aliphatic carboxylic acids is 1. The Morgan fingerprint density at radius 2 is 1.90 bits per heavy atom. The lowest BCUT2D eigenvalue weighted by Crippen LogP contribution is -2.30. The van der Waals surface area contributed by atoms with Crippen molar-refractivity contribution < 1.29 is 23.2 Å². The number of nitro benzene ring substituents is 1. The molecule has 0 atom stereocenters. The maximum Gasteiger partial charge on any atom is 0.304 e. The largest absolute Gasteiger partial charge is 0.481 e. The molecule has 0 aliphatic carbocycles. The van der Waals surface area contributed by atoms with Crippen LogP contribution in [0.1, 0.15) is 12.0 Å². The Bertz CT molecular complexity index is 596. The predicted octanol–water partition coefficient (Wildman–Crippen LogP) is 0.831. The van der Waals surface area contributed by atoms with E-state index in [0.29, 0.717) is 5.56 Å². The van der Waals surface area contributed by atoms with Crippen LogP contribution in [0.25, 0.3) is 0 Å². The molecule has 110 valence electrons. The highest BCUT2D eigenvalue weighted by Crippen LogP contribution is 2.15. The predicted molar refractivity (Wildman–Crippen MR) is 70.6 cm³/mol. The first-order chi connectivity index (χ1) is 9.22. The van der Waals surface area contributed by atoms with Crippen molar-refractivity contribution in [2.75, 3.05) is 13.6 Å². The monoisotopic (exact) mass is 302 g/mol. The molecule has 0 aliphatic heterocycles. The van der Waals surface area contributed by atoms with E-state index in [1.54, 1.807) is 0 Å². The summed E-state index contributed by atoms with van der Waals surface area (Å²) in [7, 11) is -2.35. The first-order valence-corrected chi connectivity index (χ1v) is 7.22. The number of non-ortho nitro benzene ring substituents is 1. The van der Waals surface area contributed by atoms with Crippen LogP contribution in [0.15, 0.2) is 24.3 Å². The van der Waals surface area contributed by atoms with Crippen LogP contribution >= 0.6 is 0 Å². The highest BCUT2D eigenvalue weighted by Gasteiger charge is 2.19. The summed E-state index contributed by atoms with van der Waals surface area (Å²) in [5.41, 5.74) is 0.281. The van der Waals surface area contributed by atoms with Crippen LogP contribution in [0.3, 0.4) is 0 Å². The Morgan fingerprint density at radius 1 is 1.35 bits per heavy atom. The zero-order valence-electron chi connectivity index (χ0n) is 10.7. The number of nitro groups is 1. The number of nitrogens with zero attached hydrogens (tertiary/aromatic N) is 2. The summed E-state index contributed by atoms with van der Waals surface area (Å²) < 4.78 is 24.8. The molecule has 0 unspecified atom stereocenters. The van der Waals surface area contributed by atoms with Gasteiger partial charge in [-0.2, -0.15) is 0 Å². The molecule has 0 fully saturated rings. The van der Waals surface area contributed by atoms with Crippen molar-refractivity contribution >= 4 is 21.7 Å². The van der Waals surface area contributed by atoms with Gasteiger partial charge in [-0.15, -0.1) is 0 Å². The lowest BCUT2D eigenvalue weighted by atomic mass is 10.2. The fourth-order valence-corrected chi connectivity index (χ4v) is 2.63. The Hall–Kier alpha value is -2.00. The molecular weight excluding hydrogens is 288 g/mol. The molecule has 0 saturated heterocycles. The summed E-state index contributed by atoms with van der Waals surface area (Å²) in [5, 5.41) is 19.0. The SMILES string of the molecule is CN(CCC(=O)O)S(=O)(=O)Cc1ccc([N+](=O)[O-])cc1. The van der Waals surface area contributed by atoms with E-state index in [2.05, 4.69) is 0 Å². The number of carboxylic acid groups (broad SMARTS) is 1. The Kier molecular flexibility index (Phi) is 5.17. The number of hydrogen-bond donors (Lipinski definition) is 1. The maximum atomic E-state index is 11.9. The van der Waals surface area contributed by atoms with Crippen LogP contribution in [-0.4, -0.2) is 42.3 Å². The van der Waals surface area contributed by atoms with Gasteiger partial charge in [-0.1, -0.05) is 12.1 Å². The van der Waals surface area contributed by atoms with Crippen LogP contribution in [0.4, 0.5) is 5.69 Å². The number of carbonyl (C=O) groups is 1. The van der Waals surface area contributed by atoms with E-state index in [4.69, 9.17) is 5.11 Å². The average molecular weight is 302 g/mol. The van der Waals surface area contributed by atoms with E-state index >= 15 is 0 Å². The lowest BCUT2D eigenvalue weighted by Gasteiger charge is -2.16. The number of sulfonamides is 1. The molecule has 20 heavy (non-hydrogen) atoms. The molecule has 0 amide bonds. The van der Waals surface area contributed by atoms with Gasteiger partial charge in [-0.25, -0.2) is 12.7 Å². The summed E-state index contributed by atoms with van der Waals surface area (Å²) in [4.78, 5) is 20.3. The lowest BCUT2D eigenvalue weighted by molar-refractivity contribution is -0.384. The van der Waals surface area contributed by atoms with E-state index < -0.39 is 20.9 Å². The molecule has 1 aromatic carbocycles. The molecule has 1 rings (SSSR count). The van der Waals surface area contributed by atoms with Gasteiger partial charge in [-0.05, 0) is 5.56 Å². The van der Waals surface area contributed by atoms with Gasteiger partial charge in [-0.3, -0.25) is 14.9 Å². The molecule has 0 saturated carbocycles. The smallest absolute Gasteiger partial charge is 0.304 e. The van der Waals surface area contributed by atoms with Gasteiger partial charge in [0.2, 0.25) is 10.0 Å². The van der Waals surface area contributed by atoms with Gasteiger partial charge < -0.3 is 5.11 Å². The molecule has 0 spiro atoms. The summed E-state index contributed by atoms with van der Waals surface area (Å²) in [5.74, 6) is -1.41. The molecular formula is C11H14N2O6S. The van der Waals surface area contributed by atoms with Crippen molar-refractivity contribution in [3.63, 3.8) is 0 Å². The number of hydrogen-bond acceptors (Lipinski definition) is 5. The van der Waals surface area contributed by atoms with Crippen LogP contribution < -0.4 is 0 Å². The summed E-state index contributed by atoms with van der Waals surface area (Å²) in [6.07, 6.45) is -0.282. The van der Waals surface area contributed by atoms with Crippen molar-refractivity contribution in [2.45, 2.75) is 12.2 Å². The Morgan fingerprint density at radius 3 is 2.35 bits per heavy atom. The average Bonchev–Trinajstić information content (AvgIpc) is 2.35. The number of carboxylic acids is 1. The zero-order chi connectivity index (χ0) is 15.3. The topological polar surface area (TPSA) is 118 Å². The molecule has 0 radical (unpaired) electrons. The van der Waals surface area contributed by atoms with Crippen molar-refractivity contribution in [3.05, 3.63) is 39.9 Å². The van der Waals surface area contributed by atoms with Gasteiger partial charge >= 0.3 is 5.97 Å². The fourth-order valence-electron chi connectivity index (χ4n) is 1.43. The third-order valence-corrected chi connectivity index (χ3v) is 4.44. The highest BCUT2D eigenvalue weighted by atomic mass is 32.2. The molecule has 0 aliphatic rings. The zero-order valence-corrected chi connectivity index (χ0v) is 11.5. The van der Waals surface area contributed by atoms with Gasteiger partial charge in [0.25, 0.3) is 5.69 Å². The fraction of sp³-hybridized carbons (Fsp3) is 0.364. The molecule has 1 aromatic rings. The van der Waals surface area contributed by atoms with Crippen molar-refractivity contribution in [2.24, 2.45) is 0 Å². The minimum Gasteiger partial charge on any atom is -0.481 e. The first-order valence-electron chi connectivity index (χ1n) is 5.61. The Labute approximate surface area is 115 Å². The van der Waals surface area contributed by atoms with E-state index in [1.165, 1.54) is 31.3 Å². The van der Waals surface area contributed by atoms with Gasteiger partial charge in [0.05, 0.1) is 17.1 Å². The van der Waals surface area contributed by atoms with E-state index in [1.807, 2.05) is 0 Å². The van der Waals surface area contributed by atoms with E-state index in [-0.39, 0.29) is 24.4 Å². The highest BCUT2D eigenvalue weighted by molar-refractivity contribution is 7.88. The molecule has 1 N–H and O–H groups in total. The minimum absolute atomic E-state index is 0.120. The summed E-state index contributed by atoms with van der Waals surface area (Å²) >= 11 is 0. The summed E-state index contributed by atoms with van der Waals surface area (Å²) in [6.45, 7) is -0.120. The van der Waals surface area contributed by atoms with E-state index in [9.17, 15) is 23.3 Å². The van der Waals surface area contributed by atoms with Gasteiger partial charge in [0.15, 0.2) is 0 Å². The second-order valence-electron chi connectivity index (χ2n) is 4.15. The molecule has 8 nitrogen and oxygen atoms in total. The molecule has 0 heterocycles. The van der Waals surface area contributed by atoms with Crippen molar-refractivity contribution in [1.82, 2.24) is 4.31 Å². The van der Waals surface area contributed by atoms with Crippen LogP contribution in [-0.2, 0) is 20.6 Å². The Balaban J connectivity index is 2.75. The first kappa shape index (κ1) is 16.1. The quantitative estimate of drug-likeness (QED) is 0.588. The third-order valence-electron chi connectivity index (χ3n) is 2.61.